The van der Waals surface area contributed by atoms with Crippen molar-refractivity contribution in [2.45, 2.75) is 6.10 Å². The van der Waals surface area contributed by atoms with Crippen molar-refractivity contribution in [3.8, 4) is 17.6 Å². The van der Waals surface area contributed by atoms with Crippen molar-refractivity contribution in [2.24, 2.45) is 0 Å². The predicted molar refractivity (Wildman–Crippen MR) is 84.5 cm³/mol. The van der Waals surface area contributed by atoms with E-state index >= 15 is 0 Å². The first-order chi connectivity index (χ1) is 11.2. The summed E-state index contributed by atoms with van der Waals surface area (Å²) in [6.07, 6.45) is -0.224. The molecule has 0 saturated heterocycles. The van der Waals surface area contributed by atoms with Gasteiger partial charge < -0.3 is 14.4 Å². The van der Waals surface area contributed by atoms with Crippen LogP contribution >= 0.6 is 0 Å². The number of likely N-dealkylation sites (N-methyl/N-ethyl adjacent to an activating group) is 1. The highest BCUT2D eigenvalue weighted by Gasteiger charge is 2.24. The molecule has 23 heavy (non-hydrogen) atoms. The smallest absolute Gasteiger partial charge is 0.253 e. The lowest BCUT2D eigenvalue weighted by Crippen LogP contribution is -2.41. The van der Waals surface area contributed by atoms with Gasteiger partial charge in [0, 0.05) is 12.6 Å². The minimum Gasteiger partial charge on any atom is -0.486 e. The molecule has 0 unspecified atom stereocenters. The average Bonchev–Trinajstić information content (AvgIpc) is 2.61. The second-order valence-corrected chi connectivity index (χ2v) is 5.38. The number of fused-ring (bicyclic) bond motifs is 1. The highest BCUT2D eigenvalue weighted by Crippen LogP contribution is 2.31. The minimum absolute atomic E-state index is 0.149. The normalized spacial score (nSPS) is 15.6. The topological polar surface area (TPSA) is 62.6 Å². The van der Waals surface area contributed by atoms with Gasteiger partial charge in [0.25, 0.3) is 5.91 Å². The highest BCUT2D eigenvalue weighted by atomic mass is 16.6. The molecule has 116 valence electrons. The Morgan fingerprint density at radius 3 is 2.83 bits per heavy atom. The highest BCUT2D eigenvalue weighted by molar-refractivity contribution is 5.94. The number of para-hydroxylation sites is 2. The van der Waals surface area contributed by atoms with Crippen molar-refractivity contribution in [3.05, 3.63) is 59.7 Å². The number of carbonyl (C=O) groups excluding carboxylic acids is 1. The molecule has 0 N–H and O–H groups in total. The lowest BCUT2D eigenvalue weighted by Gasteiger charge is -2.29. The van der Waals surface area contributed by atoms with Gasteiger partial charge in [-0.15, -0.1) is 0 Å². The summed E-state index contributed by atoms with van der Waals surface area (Å²) < 4.78 is 11.5. The van der Waals surface area contributed by atoms with Crippen LogP contribution in [0.15, 0.2) is 48.5 Å². The molecule has 1 heterocycles. The maximum Gasteiger partial charge on any atom is 0.253 e. The molecule has 0 aromatic heterocycles. The van der Waals surface area contributed by atoms with Crippen molar-refractivity contribution < 1.29 is 14.3 Å². The average molecular weight is 308 g/mol. The Morgan fingerprint density at radius 2 is 2.04 bits per heavy atom. The lowest BCUT2D eigenvalue weighted by molar-refractivity contribution is 0.0521. The number of hydrogen-bond donors (Lipinski definition) is 0. The Labute approximate surface area is 134 Å². The van der Waals surface area contributed by atoms with E-state index < -0.39 is 0 Å². The standard InChI is InChI=1S/C18H16N2O3/c1-20(18(21)14-6-4-5-13(9-14)10-19)11-15-12-22-16-7-2-3-8-17(16)23-15/h2-9,15H,11-12H2,1H3/t15-/m0/s1. The molecule has 0 fully saturated rings. The number of nitrogens with zero attached hydrogens (tertiary/aromatic N) is 2. The Morgan fingerprint density at radius 1 is 1.26 bits per heavy atom. The zero-order valence-electron chi connectivity index (χ0n) is 12.7. The van der Waals surface area contributed by atoms with Crippen molar-refractivity contribution in [1.82, 2.24) is 4.90 Å². The van der Waals surface area contributed by atoms with Gasteiger partial charge in [-0.1, -0.05) is 18.2 Å². The quantitative estimate of drug-likeness (QED) is 0.874. The number of rotatable bonds is 3. The van der Waals surface area contributed by atoms with E-state index in [0.29, 0.717) is 30.0 Å². The van der Waals surface area contributed by atoms with Crippen LogP contribution in [0.5, 0.6) is 11.5 Å². The molecule has 2 aromatic carbocycles. The summed E-state index contributed by atoms with van der Waals surface area (Å²) in [5.41, 5.74) is 0.958. The fourth-order valence-corrected chi connectivity index (χ4v) is 2.48. The van der Waals surface area contributed by atoms with Crippen LogP contribution in [0.25, 0.3) is 0 Å². The van der Waals surface area contributed by atoms with Crippen LogP contribution in [0.4, 0.5) is 0 Å². The number of hydrogen-bond acceptors (Lipinski definition) is 4. The van der Waals surface area contributed by atoms with Crippen LogP contribution in [-0.2, 0) is 0 Å². The van der Waals surface area contributed by atoms with E-state index in [1.54, 1.807) is 36.2 Å². The molecule has 2 aromatic rings. The zero-order chi connectivity index (χ0) is 16.2. The molecule has 5 heteroatoms. The summed E-state index contributed by atoms with van der Waals surface area (Å²) in [5.74, 6) is 1.26. The summed E-state index contributed by atoms with van der Waals surface area (Å²) in [5, 5.41) is 8.93. The zero-order valence-corrected chi connectivity index (χ0v) is 12.7. The molecule has 3 rings (SSSR count). The van der Waals surface area contributed by atoms with Gasteiger partial charge in [-0.25, -0.2) is 0 Å². The molecule has 1 atom stereocenters. The molecule has 0 bridgehead atoms. The van der Waals surface area contributed by atoms with Gasteiger partial charge in [0.15, 0.2) is 17.6 Å². The Kier molecular flexibility index (Phi) is 4.15. The third-order valence-electron chi connectivity index (χ3n) is 3.63. The Hall–Kier alpha value is -3.00. The molecular formula is C18H16N2O3. The maximum absolute atomic E-state index is 12.5. The molecular weight excluding hydrogens is 292 g/mol. The van der Waals surface area contributed by atoms with Gasteiger partial charge in [0.1, 0.15) is 6.61 Å². The predicted octanol–water partition coefficient (Wildman–Crippen LogP) is 2.47. The van der Waals surface area contributed by atoms with E-state index in [-0.39, 0.29) is 12.0 Å². The van der Waals surface area contributed by atoms with Gasteiger partial charge in [0.2, 0.25) is 0 Å². The summed E-state index contributed by atoms with van der Waals surface area (Å²) in [6, 6.07) is 16.2. The van der Waals surface area contributed by atoms with Crippen LogP contribution in [0.2, 0.25) is 0 Å². The second kappa shape index (κ2) is 6.41. The molecule has 1 aliphatic heterocycles. The number of ether oxygens (including phenoxy) is 2. The third kappa shape index (κ3) is 3.27. The summed E-state index contributed by atoms with van der Waals surface area (Å²) in [4.78, 5) is 14.0. The van der Waals surface area contributed by atoms with Crippen LogP contribution < -0.4 is 9.47 Å². The molecule has 5 nitrogen and oxygen atoms in total. The number of benzene rings is 2. The Bertz CT molecular complexity index is 767. The molecule has 0 radical (unpaired) electrons. The van der Waals surface area contributed by atoms with Crippen LogP contribution in [-0.4, -0.2) is 37.1 Å². The SMILES string of the molecule is CN(C[C@H]1COc2ccccc2O1)C(=O)c1cccc(C#N)c1. The largest absolute Gasteiger partial charge is 0.486 e. The molecule has 1 aliphatic rings. The Balaban J connectivity index is 1.66. The van der Waals surface area contributed by atoms with E-state index in [2.05, 4.69) is 0 Å². The van der Waals surface area contributed by atoms with E-state index in [0.717, 1.165) is 5.75 Å². The first-order valence-corrected chi connectivity index (χ1v) is 7.31. The molecule has 1 amide bonds. The fraction of sp³-hybridized carbons (Fsp3) is 0.222. The first-order valence-electron chi connectivity index (χ1n) is 7.31. The lowest BCUT2D eigenvalue weighted by atomic mass is 10.1. The molecule has 0 spiro atoms. The van der Waals surface area contributed by atoms with Crippen LogP contribution in [0.3, 0.4) is 0 Å². The molecule has 0 aliphatic carbocycles. The van der Waals surface area contributed by atoms with E-state index in [1.165, 1.54) is 0 Å². The van der Waals surface area contributed by atoms with Gasteiger partial charge >= 0.3 is 0 Å². The van der Waals surface area contributed by atoms with E-state index in [9.17, 15) is 4.79 Å². The van der Waals surface area contributed by atoms with Crippen molar-refractivity contribution >= 4 is 5.91 Å². The van der Waals surface area contributed by atoms with Crippen molar-refractivity contribution in [1.29, 1.82) is 5.26 Å². The van der Waals surface area contributed by atoms with Crippen LogP contribution in [0.1, 0.15) is 15.9 Å². The summed E-state index contributed by atoms with van der Waals surface area (Å²) in [7, 11) is 1.71. The summed E-state index contributed by atoms with van der Waals surface area (Å²) >= 11 is 0. The van der Waals surface area contributed by atoms with Gasteiger partial charge in [-0.05, 0) is 30.3 Å². The van der Waals surface area contributed by atoms with Gasteiger partial charge in [-0.3, -0.25) is 4.79 Å². The number of amides is 1. The van der Waals surface area contributed by atoms with E-state index in [1.807, 2.05) is 30.3 Å². The van der Waals surface area contributed by atoms with E-state index in [4.69, 9.17) is 14.7 Å². The monoisotopic (exact) mass is 308 g/mol. The third-order valence-corrected chi connectivity index (χ3v) is 3.63. The first kappa shape index (κ1) is 14.9. The molecule has 0 saturated carbocycles. The van der Waals surface area contributed by atoms with Crippen molar-refractivity contribution in [2.75, 3.05) is 20.2 Å². The summed E-state index contributed by atoms with van der Waals surface area (Å²) in [6.45, 7) is 0.802. The van der Waals surface area contributed by atoms with Crippen LogP contribution in [0, 0.1) is 11.3 Å². The van der Waals surface area contributed by atoms with Gasteiger partial charge in [-0.2, -0.15) is 5.26 Å². The number of nitriles is 1. The number of carbonyl (C=O) groups is 1. The fourth-order valence-electron chi connectivity index (χ4n) is 2.48. The van der Waals surface area contributed by atoms with Gasteiger partial charge in [0.05, 0.1) is 18.2 Å². The minimum atomic E-state index is -0.224. The van der Waals surface area contributed by atoms with Crippen molar-refractivity contribution in [3.63, 3.8) is 0 Å². The second-order valence-electron chi connectivity index (χ2n) is 5.38. The maximum atomic E-state index is 12.5.